The number of thioether (sulfide) groups is 1. The van der Waals surface area contributed by atoms with Gasteiger partial charge in [-0.15, -0.1) is 24.0 Å². The number of nitrogens with zero attached hydrogens (tertiary/aromatic N) is 1. The van der Waals surface area contributed by atoms with Crippen LogP contribution >= 0.6 is 35.7 Å². The van der Waals surface area contributed by atoms with Gasteiger partial charge in [0, 0.05) is 25.9 Å². The van der Waals surface area contributed by atoms with Crippen molar-refractivity contribution in [2.24, 2.45) is 4.99 Å². The minimum atomic E-state index is 0. The maximum atomic E-state index is 5.15. The number of hydrogen-bond donors (Lipinski definition) is 2. The predicted molar refractivity (Wildman–Crippen MR) is 104 cm³/mol. The molecule has 6 heteroatoms. The molecule has 1 aromatic rings. The third-order valence-electron chi connectivity index (χ3n) is 2.92. The van der Waals surface area contributed by atoms with Crippen LogP contribution in [0, 0.1) is 0 Å². The summed E-state index contributed by atoms with van der Waals surface area (Å²) in [6.45, 7) is 1.87. The number of rotatable bonds is 8. The van der Waals surface area contributed by atoms with E-state index in [4.69, 9.17) is 4.74 Å². The molecule has 0 saturated heterocycles. The number of benzene rings is 1. The Morgan fingerprint density at radius 2 is 1.86 bits per heavy atom. The molecule has 0 radical (unpaired) electrons. The van der Waals surface area contributed by atoms with Gasteiger partial charge in [0.2, 0.25) is 0 Å². The highest BCUT2D eigenvalue weighted by Gasteiger charge is 1.98. The van der Waals surface area contributed by atoms with Gasteiger partial charge < -0.3 is 15.4 Å². The molecule has 0 aliphatic rings. The van der Waals surface area contributed by atoms with Crippen molar-refractivity contribution in [3.05, 3.63) is 29.8 Å². The van der Waals surface area contributed by atoms with Crippen molar-refractivity contribution in [2.45, 2.75) is 12.8 Å². The molecule has 0 saturated carbocycles. The van der Waals surface area contributed by atoms with Gasteiger partial charge >= 0.3 is 0 Å². The first kappa shape index (κ1) is 20.4. The van der Waals surface area contributed by atoms with E-state index in [9.17, 15) is 0 Å². The van der Waals surface area contributed by atoms with Crippen LogP contribution in [0.25, 0.3) is 0 Å². The summed E-state index contributed by atoms with van der Waals surface area (Å²) in [6, 6.07) is 8.24. The molecule has 0 spiro atoms. The third-order valence-corrected chi connectivity index (χ3v) is 3.53. The lowest BCUT2D eigenvalue weighted by molar-refractivity contribution is 0.414. The molecule has 0 heterocycles. The number of halogens is 1. The minimum Gasteiger partial charge on any atom is -0.497 e. The normalized spacial score (nSPS) is 10.7. The Hall–Kier alpha value is -0.630. The Kier molecular flexibility index (Phi) is 12.7. The van der Waals surface area contributed by atoms with Gasteiger partial charge in [-0.3, -0.25) is 4.99 Å². The molecule has 1 aromatic carbocycles. The van der Waals surface area contributed by atoms with Crippen LogP contribution in [0.3, 0.4) is 0 Å². The lowest BCUT2D eigenvalue weighted by Gasteiger charge is -2.11. The minimum absolute atomic E-state index is 0. The van der Waals surface area contributed by atoms with Gasteiger partial charge in [-0.1, -0.05) is 12.1 Å². The zero-order chi connectivity index (χ0) is 14.6. The number of ether oxygens (including phenoxy) is 1. The number of guanidine groups is 1. The monoisotopic (exact) mass is 423 g/mol. The molecule has 0 unspecified atom stereocenters. The van der Waals surface area contributed by atoms with Gasteiger partial charge in [0.05, 0.1) is 7.11 Å². The molecule has 120 valence electrons. The third kappa shape index (κ3) is 9.08. The second-order valence-corrected chi connectivity index (χ2v) is 5.36. The second-order valence-electron chi connectivity index (χ2n) is 4.37. The molecule has 0 bridgehead atoms. The molecule has 21 heavy (non-hydrogen) atoms. The SMILES string of the molecule is CN=C(NCCCc1ccc(OC)cc1)NCCSC.I. The smallest absolute Gasteiger partial charge is 0.191 e. The molecule has 4 nitrogen and oxygen atoms in total. The van der Waals surface area contributed by atoms with Gasteiger partial charge in [0.1, 0.15) is 5.75 Å². The predicted octanol–water partition coefficient (Wildman–Crippen LogP) is 2.77. The van der Waals surface area contributed by atoms with E-state index in [1.165, 1.54) is 5.56 Å². The first-order valence-corrected chi connectivity index (χ1v) is 8.26. The average Bonchev–Trinajstić information content (AvgIpc) is 2.50. The summed E-state index contributed by atoms with van der Waals surface area (Å²) < 4.78 is 5.15. The van der Waals surface area contributed by atoms with Gasteiger partial charge in [0.15, 0.2) is 5.96 Å². The highest BCUT2D eigenvalue weighted by atomic mass is 127. The number of aliphatic imine (C=N–C) groups is 1. The summed E-state index contributed by atoms with van der Waals surface area (Å²) in [5.74, 6) is 2.88. The van der Waals surface area contributed by atoms with Crippen LogP contribution in [0.2, 0.25) is 0 Å². The van der Waals surface area contributed by atoms with Crippen molar-refractivity contribution in [2.75, 3.05) is 39.3 Å². The van der Waals surface area contributed by atoms with Gasteiger partial charge in [-0.05, 0) is 36.8 Å². The van der Waals surface area contributed by atoms with Crippen molar-refractivity contribution in [1.29, 1.82) is 0 Å². The molecule has 2 N–H and O–H groups in total. The van der Waals surface area contributed by atoms with Crippen LogP contribution < -0.4 is 15.4 Å². The van der Waals surface area contributed by atoms with Crippen molar-refractivity contribution >= 4 is 41.7 Å². The number of nitrogens with one attached hydrogen (secondary N) is 2. The largest absolute Gasteiger partial charge is 0.497 e. The lowest BCUT2D eigenvalue weighted by Crippen LogP contribution is -2.38. The molecule has 0 amide bonds. The summed E-state index contributed by atoms with van der Waals surface area (Å²) in [7, 11) is 3.49. The van der Waals surface area contributed by atoms with E-state index in [0.717, 1.165) is 43.4 Å². The number of hydrogen-bond acceptors (Lipinski definition) is 3. The van der Waals surface area contributed by atoms with Crippen molar-refractivity contribution in [3.63, 3.8) is 0 Å². The Morgan fingerprint density at radius 3 is 2.43 bits per heavy atom. The van der Waals surface area contributed by atoms with Gasteiger partial charge in [-0.25, -0.2) is 0 Å². The molecular formula is C15H26IN3OS. The fraction of sp³-hybridized carbons (Fsp3) is 0.533. The fourth-order valence-corrected chi connectivity index (χ4v) is 2.09. The zero-order valence-electron chi connectivity index (χ0n) is 13.0. The maximum Gasteiger partial charge on any atom is 0.191 e. The topological polar surface area (TPSA) is 45.7 Å². The highest BCUT2D eigenvalue weighted by Crippen LogP contribution is 2.12. The first-order chi connectivity index (χ1) is 9.80. The Labute approximate surface area is 149 Å². The Balaban J connectivity index is 0.00000400. The summed E-state index contributed by atoms with van der Waals surface area (Å²) in [6.07, 6.45) is 4.24. The summed E-state index contributed by atoms with van der Waals surface area (Å²) in [5.41, 5.74) is 1.33. The fourth-order valence-electron chi connectivity index (χ4n) is 1.78. The van der Waals surface area contributed by atoms with Gasteiger partial charge in [0.25, 0.3) is 0 Å². The van der Waals surface area contributed by atoms with Gasteiger partial charge in [-0.2, -0.15) is 11.8 Å². The lowest BCUT2D eigenvalue weighted by atomic mass is 10.1. The van der Waals surface area contributed by atoms with Crippen molar-refractivity contribution in [3.8, 4) is 5.75 Å². The van der Waals surface area contributed by atoms with Crippen molar-refractivity contribution in [1.82, 2.24) is 10.6 Å². The molecule has 0 aliphatic heterocycles. The van der Waals surface area contributed by atoms with E-state index in [1.807, 2.05) is 23.9 Å². The van der Waals surface area contributed by atoms with E-state index in [0.29, 0.717) is 0 Å². The number of methoxy groups -OCH3 is 1. The van der Waals surface area contributed by atoms with E-state index in [1.54, 1.807) is 14.2 Å². The van der Waals surface area contributed by atoms with Crippen LogP contribution in [0.15, 0.2) is 29.3 Å². The maximum absolute atomic E-state index is 5.15. The van der Waals surface area contributed by atoms with Crippen molar-refractivity contribution < 1.29 is 4.74 Å². The van der Waals surface area contributed by atoms with Crippen LogP contribution in [-0.2, 0) is 6.42 Å². The van der Waals surface area contributed by atoms with E-state index < -0.39 is 0 Å². The molecule has 1 rings (SSSR count). The highest BCUT2D eigenvalue weighted by molar-refractivity contribution is 14.0. The molecule has 0 atom stereocenters. The summed E-state index contributed by atoms with van der Waals surface area (Å²) in [4.78, 5) is 4.20. The second kappa shape index (κ2) is 13.1. The van der Waals surface area contributed by atoms with E-state index in [-0.39, 0.29) is 24.0 Å². The Morgan fingerprint density at radius 1 is 1.19 bits per heavy atom. The van der Waals surface area contributed by atoms with Crippen LogP contribution in [0.4, 0.5) is 0 Å². The quantitative estimate of drug-likeness (QED) is 0.292. The van der Waals surface area contributed by atoms with Crippen LogP contribution in [0.5, 0.6) is 5.75 Å². The molecule has 0 aromatic heterocycles. The summed E-state index contributed by atoms with van der Waals surface area (Å²) >= 11 is 1.83. The molecular weight excluding hydrogens is 397 g/mol. The molecule has 0 aliphatic carbocycles. The molecule has 0 fully saturated rings. The number of aryl methyl sites for hydroxylation is 1. The standard InChI is InChI=1S/C15H25N3OS.HI/c1-16-15(18-11-12-20-3)17-10-4-5-13-6-8-14(19-2)9-7-13;/h6-9H,4-5,10-12H2,1-3H3,(H2,16,17,18);1H. The van der Waals surface area contributed by atoms with E-state index in [2.05, 4.69) is 34.0 Å². The van der Waals surface area contributed by atoms with E-state index >= 15 is 0 Å². The summed E-state index contributed by atoms with van der Waals surface area (Å²) in [5, 5.41) is 6.61. The van der Waals surface area contributed by atoms with Crippen LogP contribution in [0.1, 0.15) is 12.0 Å². The zero-order valence-corrected chi connectivity index (χ0v) is 16.2. The van der Waals surface area contributed by atoms with Crippen LogP contribution in [-0.4, -0.2) is 45.2 Å². The Bertz CT molecular complexity index is 398. The average molecular weight is 423 g/mol. The first-order valence-electron chi connectivity index (χ1n) is 6.86.